The summed E-state index contributed by atoms with van der Waals surface area (Å²) in [6, 6.07) is 7.67. The summed E-state index contributed by atoms with van der Waals surface area (Å²) >= 11 is 0. The van der Waals surface area contributed by atoms with E-state index in [1.807, 2.05) is 45.0 Å². The molecule has 0 unspecified atom stereocenters. The van der Waals surface area contributed by atoms with Crippen LogP contribution in [0.5, 0.6) is 5.75 Å². The minimum Gasteiger partial charge on any atom is -0.494 e. The number of aromatic nitrogens is 3. The number of carboxylic acid groups (broad SMARTS) is 1. The van der Waals surface area contributed by atoms with E-state index in [0.29, 0.717) is 18.8 Å². The molecular formula is C15H19N3O3. The van der Waals surface area contributed by atoms with Gasteiger partial charge >= 0.3 is 5.97 Å². The SMILES string of the molecule is CCOc1ccc(Cn2nnc(C(=O)O)c2C(C)C)cc1. The number of hydrogen-bond donors (Lipinski definition) is 1. The van der Waals surface area contributed by atoms with Crippen molar-refractivity contribution in [3.8, 4) is 5.75 Å². The lowest BCUT2D eigenvalue weighted by Gasteiger charge is -2.10. The van der Waals surface area contributed by atoms with Gasteiger partial charge in [0.1, 0.15) is 5.75 Å². The molecule has 2 aromatic rings. The van der Waals surface area contributed by atoms with Crippen LogP contribution in [0.25, 0.3) is 0 Å². The summed E-state index contributed by atoms with van der Waals surface area (Å²) in [4.78, 5) is 11.2. The summed E-state index contributed by atoms with van der Waals surface area (Å²) in [5, 5.41) is 16.9. The van der Waals surface area contributed by atoms with Gasteiger partial charge in [0.05, 0.1) is 18.8 Å². The molecule has 0 bridgehead atoms. The third-order valence-corrected chi connectivity index (χ3v) is 3.09. The summed E-state index contributed by atoms with van der Waals surface area (Å²) in [5.74, 6) is -0.194. The Labute approximate surface area is 123 Å². The average Bonchev–Trinajstić information content (AvgIpc) is 2.85. The number of carbonyl (C=O) groups is 1. The maximum Gasteiger partial charge on any atom is 0.358 e. The predicted octanol–water partition coefficient (Wildman–Crippen LogP) is 2.55. The van der Waals surface area contributed by atoms with Gasteiger partial charge < -0.3 is 9.84 Å². The second-order valence-corrected chi connectivity index (χ2v) is 5.02. The lowest BCUT2D eigenvalue weighted by molar-refractivity contribution is 0.0688. The summed E-state index contributed by atoms with van der Waals surface area (Å²) < 4.78 is 7.04. The van der Waals surface area contributed by atoms with E-state index in [4.69, 9.17) is 9.84 Å². The van der Waals surface area contributed by atoms with Crippen molar-refractivity contribution >= 4 is 5.97 Å². The number of ether oxygens (including phenoxy) is 1. The fourth-order valence-corrected chi connectivity index (χ4v) is 2.19. The molecule has 1 heterocycles. The smallest absolute Gasteiger partial charge is 0.358 e. The molecule has 1 aromatic heterocycles. The molecule has 2 rings (SSSR count). The van der Waals surface area contributed by atoms with Crippen molar-refractivity contribution in [2.75, 3.05) is 6.61 Å². The van der Waals surface area contributed by atoms with Crippen LogP contribution in [0.1, 0.15) is 48.4 Å². The van der Waals surface area contributed by atoms with Gasteiger partial charge in [0, 0.05) is 0 Å². The second-order valence-electron chi connectivity index (χ2n) is 5.02. The van der Waals surface area contributed by atoms with E-state index >= 15 is 0 Å². The highest BCUT2D eigenvalue weighted by Crippen LogP contribution is 2.19. The van der Waals surface area contributed by atoms with Crippen LogP contribution in [0.3, 0.4) is 0 Å². The number of nitrogens with zero attached hydrogens (tertiary/aromatic N) is 3. The van der Waals surface area contributed by atoms with Crippen LogP contribution in [0, 0.1) is 0 Å². The number of hydrogen-bond acceptors (Lipinski definition) is 4. The topological polar surface area (TPSA) is 77.2 Å². The third-order valence-electron chi connectivity index (χ3n) is 3.09. The Balaban J connectivity index is 2.25. The van der Waals surface area contributed by atoms with E-state index < -0.39 is 5.97 Å². The molecule has 1 aromatic carbocycles. The van der Waals surface area contributed by atoms with Gasteiger partial charge in [-0.05, 0) is 30.5 Å². The Morgan fingerprint density at radius 3 is 2.52 bits per heavy atom. The minimum absolute atomic E-state index is 0.0240. The number of aromatic carboxylic acids is 1. The van der Waals surface area contributed by atoms with E-state index in [1.165, 1.54) is 0 Å². The Morgan fingerprint density at radius 2 is 2.00 bits per heavy atom. The molecule has 0 aliphatic rings. The van der Waals surface area contributed by atoms with Crippen LogP contribution in [0.15, 0.2) is 24.3 Å². The zero-order valence-corrected chi connectivity index (χ0v) is 12.4. The zero-order chi connectivity index (χ0) is 15.4. The van der Waals surface area contributed by atoms with Crippen molar-refractivity contribution < 1.29 is 14.6 Å². The molecule has 1 N–H and O–H groups in total. The molecule has 0 saturated heterocycles. The normalized spacial score (nSPS) is 10.9. The zero-order valence-electron chi connectivity index (χ0n) is 12.4. The number of rotatable bonds is 6. The highest BCUT2D eigenvalue weighted by atomic mass is 16.5. The van der Waals surface area contributed by atoms with Crippen LogP contribution in [-0.2, 0) is 6.54 Å². The van der Waals surface area contributed by atoms with Gasteiger partial charge in [-0.2, -0.15) is 0 Å². The van der Waals surface area contributed by atoms with Crippen molar-refractivity contribution in [1.29, 1.82) is 0 Å². The van der Waals surface area contributed by atoms with Crippen molar-refractivity contribution in [3.63, 3.8) is 0 Å². The first-order valence-corrected chi connectivity index (χ1v) is 6.91. The fraction of sp³-hybridized carbons (Fsp3) is 0.400. The van der Waals surface area contributed by atoms with Gasteiger partial charge in [0.2, 0.25) is 0 Å². The van der Waals surface area contributed by atoms with Crippen LogP contribution in [0.2, 0.25) is 0 Å². The predicted molar refractivity (Wildman–Crippen MR) is 77.8 cm³/mol. The molecule has 0 aliphatic carbocycles. The molecule has 0 radical (unpaired) electrons. The first-order valence-electron chi connectivity index (χ1n) is 6.91. The Kier molecular flexibility index (Phi) is 4.57. The quantitative estimate of drug-likeness (QED) is 0.884. The van der Waals surface area contributed by atoms with E-state index in [9.17, 15) is 4.79 Å². The molecule has 0 amide bonds. The minimum atomic E-state index is -1.04. The van der Waals surface area contributed by atoms with Crippen LogP contribution in [-0.4, -0.2) is 32.7 Å². The van der Waals surface area contributed by atoms with Crippen molar-refractivity contribution in [1.82, 2.24) is 15.0 Å². The molecule has 21 heavy (non-hydrogen) atoms. The number of benzene rings is 1. The molecule has 0 fully saturated rings. The van der Waals surface area contributed by atoms with Gasteiger partial charge in [0.25, 0.3) is 0 Å². The standard InChI is InChI=1S/C15H19N3O3/c1-4-21-12-7-5-11(6-8-12)9-18-14(10(2)3)13(15(19)20)16-17-18/h5-8,10H,4,9H2,1-3H3,(H,19,20). The number of carboxylic acids is 1. The molecule has 0 aliphatic heterocycles. The van der Waals surface area contributed by atoms with Gasteiger partial charge in [-0.3, -0.25) is 0 Å². The molecule has 112 valence electrons. The highest BCUT2D eigenvalue weighted by Gasteiger charge is 2.21. The molecule has 6 heteroatoms. The Hall–Kier alpha value is -2.37. The lowest BCUT2D eigenvalue weighted by Crippen LogP contribution is -2.10. The molecule has 0 spiro atoms. The van der Waals surface area contributed by atoms with Crippen LogP contribution in [0.4, 0.5) is 0 Å². The highest BCUT2D eigenvalue weighted by molar-refractivity contribution is 5.86. The van der Waals surface area contributed by atoms with Crippen molar-refractivity contribution in [3.05, 3.63) is 41.2 Å². The first-order chi connectivity index (χ1) is 10.0. The fourth-order valence-electron chi connectivity index (χ4n) is 2.19. The summed E-state index contributed by atoms with van der Waals surface area (Å²) in [5.41, 5.74) is 1.68. The molecule has 0 saturated carbocycles. The summed E-state index contributed by atoms with van der Waals surface area (Å²) in [7, 11) is 0. The van der Waals surface area contributed by atoms with Gasteiger partial charge in [-0.25, -0.2) is 9.48 Å². The van der Waals surface area contributed by atoms with E-state index in [-0.39, 0.29) is 11.6 Å². The Morgan fingerprint density at radius 1 is 1.33 bits per heavy atom. The largest absolute Gasteiger partial charge is 0.494 e. The van der Waals surface area contributed by atoms with Gasteiger partial charge in [-0.15, -0.1) is 5.10 Å². The van der Waals surface area contributed by atoms with Crippen molar-refractivity contribution in [2.45, 2.75) is 33.2 Å². The maximum absolute atomic E-state index is 11.2. The van der Waals surface area contributed by atoms with E-state index in [1.54, 1.807) is 4.68 Å². The molecule has 6 nitrogen and oxygen atoms in total. The second kappa shape index (κ2) is 6.39. The van der Waals surface area contributed by atoms with E-state index in [0.717, 1.165) is 11.3 Å². The van der Waals surface area contributed by atoms with Crippen molar-refractivity contribution in [2.24, 2.45) is 0 Å². The molecule has 0 atom stereocenters. The van der Waals surface area contributed by atoms with Crippen LogP contribution >= 0.6 is 0 Å². The van der Waals surface area contributed by atoms with Crippen LogP contribution < -0.4 is 4.74 Å². The average molecular weight is 289 g/mol. The van der Waals surface area contributed by atoms with Gasteiger partial charge in [-0.1, -0.05) is 31.2 Å². The summed E-state index contributed by atoms with van der Waals surface area (Å²) in [6.45, 7) is 6.91. The maximum atomic E-state index is 11.2. The Bertz CT molecular complexity index is 618. The third kappa shape index (κ3) is 3.39. The van der Waals surface area contributed by atoms with E-state index in [2.05, 4.69) is 10.3 Å². The molecular weight excluding hydrogens is 270 g/mol. The monoisotopic (exact) mass is 289 g/mol. The summed E-state index contributed by atoms with van der Waals surface area (Å²) in [6.07, 6.45) is 0. The first kappa shape index (κ1) is 15.0. The van der Waals surface area contributed by atoms with Gasteiger partial charge in [0.15, 0.2) is 5.69 Å². The lowest BCUT2D eigenvalue weighted by atomic mass is 10.1.